The number of esters is 1. The Hall–Kier alpha value is -3.13. The van der Waals surface area contributed by atoms with E-state index in [0.29, 0.717) is 13.0 Å². The van der Waals surface area contributed by atoms with E-state index in [4.69, 9.17) is 9.73 Å². The number of hydrogen-bond donors (Lipinski definition) is 1. The molecule has 1 N–H and O–H groups in total. The second-order valence-electron chi connectivity index (χ2n) is 11.9. The molecule has 1 aromatic carbocycles. The zero-order valence-corrected chi connectivity index (χ0v) is 24.3. The summed E-state index contributed by atoms with van der Waals surface area (Å²) in [6.07, 6.45) is 10.5. The van der Waals surface area contributed by atoms with E-state index in [1.54, 1.807) is 18.6 Å². The van der Waals surface area contributed by atoms with Gasteiger partial charge in [-0.15, -0.1) is 0 Å². The first-order valence-electron chi connectivity index (χ1n) is 13.6. The molecule has 2 aliphatic carbocycles. The van der Waals surface area contributed by atoms with E-state index in [9.17, 15) is 9.59 Å². The van der Waals surface area contributed by atoms with Gasteiger partial charge in [0.2, 0.25) is 0 Å². The van der Waals surface area contributed by atoms with E-state index in [1.165, 1.54) is 0 Å². The molecule has 2 saturated carbocycles. The number of anilines is 2. The van der Waals surface area contributed by atoms with Crippen LogP contribution < -0.4 is 5.32 Å². The largest absolute Gasteiger partial charge is 0.464 e. The molecule has 0 saturated heterocycles. The molecule has 2 heterocycles. The van der Waals surface area contributed by atoms with Crippen LogP contribution in [0.2, 0.25) is 0 Å². The summed E-state index contributed by atoms with van der Waals surface area (Å²) in [6, 6.07) is 11.1. The Labute approximate surface area is 238 Å². The lowest BCUT2D eigenvalue weighted by molar-refractivity contribution is -0.148. The van der Waals surface area contributed by atoms with Gasteiger partial charge in [0.05, 0.1) is 12.0 Å². The first-order chi connectivity index (χ1) is 18.7. The maximum atomic E-state index is 13.3. The van der Waals surface area contributed by atoms with E-state index in [0.717, 1.165) is 65.7 Å². The number of carbonyl (C=O) groups is 2. The van der Waals surface area contributed by atoms with Gasteiger partial charge >= 0.3 is 5.97 Å². The summed E-state index contributed by atoms with van der Waals surface area (Å²) in [6.45, 7) is 6.41. The summed E-state index contributed by atoms with van der Waals surface area (Å²) in [5, 5.41) is 5.38. The molecule has 5 rings (SSSR count). The molecule has 7 nitrogen and oxygen atoms in total. The summed E-state index contributed by atoms with van der Waals surface area (Å²) < 4.78 is 5.72. The van der Waals surface area contributed by atoms with E-state index in [1.807, 2.05) is 57.2 Å². The van der Waals surface area contributed by atoms with Crippen LogP contribution >= 0.6 is 15.9 Å². The smallest absolute Gasteiger partial charge is 0.331 e. The summed E-state index contributed by atoms with van der Waals surface area (Å²) in [7, 11) is 0. The molecule has 2 fully saturated rings. The number of ether oxygens (including phenoxy) is 1. The lowest BCUT2D eigenvalue weighted by atomic mass is 9.58. The number of aromatic nitrogens is 2. The number of fused-ring (bicyclic) bond motifs is 1. The highest BCUT2D eigenvalue weighted by molar-refractivity contribution is 9.10. The quantitative estimate of drug-likeness (QED) is 0.246. The molecule has 0 amide bonds. The van der Waals surface area contributed by atoms with Crippen LogP contribution in [-0.2, 0) is 20.7 Å². The van der Waals surface area contributed by atoms with Gasteiger partial charge in [-0.05, 0) is 53.5 Å². The highest BCUT2D eigenvalue weighted by Crippen LogP contribution is 2.49. The molecule has 204 valence electrons. The van der Waals surface area contributed by atoms with Crippen LogP contribution in [0.15, 0.2) is 60.0 Å². The topological polar surface area (TPSA) is 93.5 Å². The second-order valence-corrected chi connectivity index (χ2v) is 12.8. The van der Waals surface area contributed by atoms with Gasteiger partial charge in [-0.1, -0.05) is 68.1 Å². The number of carbonyl (C=O) groups excluding carboxylic acids is 2. The van der Waals surface area contributed by atoms with Crippen molar-refractivity contribution < 1.29 is 14.3 Å². The van der Waals surface area contributed by atoms with Gasteiger partial charge in [0.25, 0.3) is 0 Å². The van der Waals surface area contributed by atoms with Crippen LogP contribution in [0, 0.1) is 10.8 Å². The van der Waals surface area contributed by atoms with Crippen LogP contribution in [-0.4, -0.2) is 44.9 Å². The van der Waals surface area contributed by atoms with Crippen molar-refractivity contribution in [1.29, 1.82) is 0 Å². The van der Waals surface area contributed by atoms with Crippen LogP contribution in [0.3, 0.4) is 0 Å². The molecule has 0 bridgehead atoms. The average molecular weight is 592 g/mol. The zero-order valence-electron chi connectivity index (χ0n) is 22.7. The number of aliphatic imine (C=N–C) groups is 1. The maximum Gasteiger partial charge on any atom is 0.331 e. The lowest BCUT2D eigenvalue weighted by Crippen LogP contribution is -2.61. The van der Waals surface area contributed by atoms with E-state index in [-0.39, 0.29) is 17.2 Å². The van der Waals surface area contributed by atoms with Crippen molar-refractivity contribution >= 4 is 55.7 Å². The summed E-state index contributed by atoms with van der Waals surface area (Å²) in [5.41, 5.74) is 2.00. The van der Waals surface area contributed by atoms with Crippen molar-refractivity contribution in [1.82, 2.24) is 9.97 Å². The Morgan fingerprint density at radius 1 is 1.13 bits per heavy atom. The number of rotatable bonds is 7. The fourth-order valence-electron chi connectivity index (χ4n) is 5.43. The number of hydrogen-bond acceptors (Lipinski definition) is 7. The Kier molecular flexibility index (Phi) is 7.85. The first-order valence-corrected chi connectivity index (χ1v) is 14.6. The normalized spacial score (nSPS) is 20.6. The predicted molar refractivity (Wildman–Crippen MR) is 158 cm³/mol. The van der Waals surface area contributed by atoms with Gasteiger partial charge in [0, 0.05) is 41.8 Å². The minimum absolute atomic E-state index is 0.152. The Bertz CT molecular complexity index is 1390. The number of alkyl halides is 1. The summed E-state index contributed by atoms with van der Waals surface area (Å²) in [5.74, 6) is 0.590. The summed E-state index contributed by atoms with van der Waals surface area (Å²) in [4.78, 5) is 39.5. The van der Waals surface area contributed by atoms with Gasteiger partial charge < -0.3 is 10.1 Å². The van der Waals surface area contributed by atoms with Crippen molar-refractivity contribution in [3.63, 3.8) is 0 Å². The van der Waals surface area contributed by atoms with Crippen LogP contribution in [0.25, 0.3) is 10.8 Å². The van der Waals surface area contributed by atoms with Crippen LogP contribution in [0.5, 0.6) is 0 Å². The molecular formula is C31H35BrN4O3. The third-order valence-corrected chi connectivity index (χ3v) is 8.42. The number of Topliss-reactive ketones (excluding diaryl/α,β-unsaturated/α-hetero) is 1. The summed E-state index contributed by atoms with van der Waals surface area (Å²) >= 11 is 3.54. The molecule has 1 spiro atoms. The molecule has 39 heavy (non-hydrogen) atoms. The molecule has 2 aliphatic rings. The number of benzene rings is 1. The van der Waals surface area contributed by atoms with E-state index >= 15 is 0 Å². The van der Waals surface area contributed by atoms with Crippen molar-refractivity contribution in [3.8, 4) is 0 Å². The molecular weight excluding hydrogens is 556 g/mol. The van der Waals surface area contributed by atoms with E-state index < -0.39 is 16.3 Å². The number of halogens is 1. The lowest BCUT2D eigenvalue weighted by Gasteiger charge is -2.48. The molecule has 2 aromatic heterocycles. The third kappa shape index (κ3) is 5.91. The molecule has 1 unspecified atom stereocenters. The zero-order chi connectivity index (χ0) is 27.6. The molecule has 0 aliphatic heterocycles. The number of pyridine rings is 2. The molecule has 2 atom stereocenters. The standard InChI is InChI=1S/C31H35BrN4O3/c1-30(2,3)19-39-29(38)24(36-26-25(32)27(37)31(26)13-5-4-6-14-31)17-20-7-9-22(10-8-20)35-28-23-18-33-15-11-21(23)12-16-34-28/h7-12,15-16,18,24-25H,4-6,13-14,17,19H2,1-3H3,(H,34,35)/t24-,25?/m0/s1. The first kappa shape index (κ1) is 27.4. The van der Waals surface area contributed by atoms with Gasteiger partial charge in [-0.3, -0.25) is 14.8 Å². The van der Waals surface area contributed by atoms with Crippen LogP contribution in [0.1, 0.15) is 58.4 Å². The van der Waals surface area contributed by atoms with Crippen molar-refractivity contribution in [3.05, 3.63) is 60.6 Å². The van der Waals surface area contributed by atoms with Crippen LogP contribution in [0.4, 0.5) is 11.5 Å². The molecule has 3 aromatic rings. The minimum Gasteiger partial charge on any atom is -0.464 e. The van der Waals surface area contributed by atoms with Gasteiger partial charge in [0.1, 0.15) is 10.6 Å². The fourth-order valence-corrected chi connectivity index (χ4v) is 6.43. The maximum absolute atomic E-state index is 13.3. The Morgan fingerprint density at radius 2 is 1.85 bits per heavy atom. The van der Waals surface area contributed by atoms with Crippen molar-refractivity contribution in [2.45, 2.75) is 70.2 Å². The minimum atomic E-state index is -0.709. The highest BCUT2D eigenvalue weighted by atomic mass is 79.9. The number of nitrogens with zero attached hydrogens (tertiary/aromatic N) is 3. The monoisotopic (exact) mass is 590 g/mol. The van der Waals surface area contributed by atoms with Gasteiger partial charge in [-0.25, -0.2) is 9.78 Å². The van der Waals surface area contributed by atoms with Crippen molar-refractivity contribution in [2.75, 3.05) is 11.9 Å². The molecule has 0 radical (unpaired) electrons. The second kappa shape index (κ2) is 11.2. The Balaban J connectivity index is 1.37. The fraction of sp³-hybridized carbons (Fsp3) is 0.452. The predicted octanol–water partition coefficient (Wildman–Crippen LogP) is 6.61. The van der Waals surface area contributed by atoms with Gasteiger partial charge in [-0.2, -0.15) is 0 Å². The highest BCUT2D eigenvalue weighted by Gasteiger charge is 2.58. The van der Waals surface area contributed by atoms with Gasteiger partial charge in [0.15, 0.2) is 11.8 Å². The average Bonchev–Trinajstić information content (AvgIpc) is 2.94. The van der Waals surface area contributed by atoms with E-state index in [2.05, 4.69) is 31.2 Å². The number of nitrogens with one attached hydrogen (secondary N) is 1. The Morgan fingerprint density at radius 3 is 2.56 bits per heavy atom. The molecule has 8 heteroatoms. The SMILES string of the molecule is CC(C)(C)COC(=O)[C@H](Cc1ccc(Nc2nccc3ccncc23)cc1)N=C1C(Br)C(=O)C12CCCCC2. The van der Waals surface area contributed by atoms with Crippen molar-refractivity contribution in [2.24, 2.45) is 15.8 Å². The number of ketones is 1. The third-order valence-electron chi connectivity index (χ3n) is 7.57.